The van der Waals surface area contributed by atoms with E-state index in [2.05, 4.69) is 12.0 Å². The maximum atomic E-state index is 13.2. The number of hydrogen-bond acceptors (Lipinski definition) is 3. The molecule has 0 spiro atoms. The van der Waals surface area contributed by atoms with Crippen molar-refractivity contribution < 1.29 is 4.79 Å². The summed E-state index contributed by atoms with van der Waals surface area (Å²) < 4.78 is 3.30. The van der Waals surface area contributed by atoms with E-state index in [9.17, 15) is 9.59 Å². The lowest BCUT2D eigenvalue weighted by Gasteiger charge is -2.17. The summed E-state index contributed by atoms with van der Waals surface area (Å²) in [5, 5.41) is 6.13. The molecule has 0 N–H and O–H groups in total. The molecule has 2 aromatic carbocycles. The van der Waals surface area contributed by atoms with Crippen LogP contribution >= 0.6 is 0 Å². The molecular formula is C22H22N4O2. The van der Waals surface area contributed by atoms with Gasteiger partial charge >= 0.3 is 0 Å². The molecule has 6 heteroatoms. The number of hydrogen-bond donors (Lipinski definition) is 0. The Hall–Kier alpha value is -3.41. The molecule has 1 amide bonds. The summed E-state index contributed by atoms with van der Waals surface area (Å²) in [5.41, 5.74) is 2.16. The SMILES string of the molecule is CCCn1c2ccccc2c2cnn(CC(=O)N(C)c3ccccc3)c(=O)c21. The number of rotatable bonds is 5. The van der Waals surface area contributed by atoms with Crippen LogP contribution in [0.15, 0.2) is 65.6 Å². The van der Waals surface area contributed by atoms with Crippen LogP contribution in [0.5, 0.6) is 0 Å². The van der Waals surface area contributed by atoms with E-state index in [0.717, 1.165) is 34.9 Å². The van der Waals surface area contributed by atoms with E-state index in [4.69, 9.17) is 0 Å². The Morgan fingerprint density at radius 2 is 1.75 bits per heavy atom. The number of aromatic nitrogens is 3. The molecule has 0 radical (unpaired) electrons. The smallest absolute Gasteiger partial charge is 0.291 e. The van der Waals surface area contributed by atoms with Gasteiger partial charge in [0.1, 0.15) is 12.1 Å². The lowest BCUT2D eigenvalue weighted by molar-refractivity contribution is -0.119. The fraction of sp³-hybridized carbons (Fsp3) is 0.227. The predicted octanol–water partition coefficient (Wildman–Crippen LogP) is 3.42. The molecule has 4 rings (SSSR count). The minimum Gasteiger partial charge on any atom is -0.336 e. The lowest BCUT2D eigenvalue weighted by Crippen LogP contribution is -2.35. The van der Waals surface area contributed by atoms with Gasteiger partial charge in [-0.2, -0.15) is 5.10 Å². The topological polar surface area (TPSA) is 60.1 Å². The second-order valence-corrected chi connectivity index (χ2v) is 6.83. The van der Waals surface area contributed by atoms with Crippen LogP contribution in [0.1, 0.15) is 13.3 Å². The van der Waals surface area contributed by atoms with Crippen molar-refractivity contribution in [2.24, 2.45) is 0 Å². The highest BCUT2D eigenvalue weighted by Crippen LogP contribution is 2.26. The Morgan fingerprint density at radius 3 is 2.50 bits per heavy atom. The predicted molar refractivity (Wildman–Crippen MR) is 112 cm³/mol. The third-order valence-electron chi connectivity index (χ3n) is 5.02. The molecule has 2 aromatic heterocycles. The van der Waals surface area contributed by atoms with Crippen LogP contribution in [0, 0.1) is 0 Å². The van der Waals surface area contributed by atoms with Gasteiger partial charge in [0.2, 0.25) is 5.91 Å². The van der Waals surface area contributed by atoms with Gasteiger partial charge in [0.05, 0.1) is 6.20 Å². The largest absolute Gasteiger partial charge is 0.336 e. The number of likely N-dealkylation sites (N-methyl/N-ethyl adjacent to an activating group) is 1. The number of aryl methyl sites for hydroxylation is 1. The Morgan fingerprint density at radius 1 is 1.04 bits per heavy atom. The van der Waals surface area contributed by atoms with Crippen molar-refractivity contribution in [1.29, 1.82) is 0 Å². The number of nitrogens with zero attached hydrogens (tertiary/aromatic N) is 4. The fourth-order valence-corrected chi connectivity index (χ4v) is 3.59. The van der Waals surface area contributed by atoms with E-state index in [0.29, 0.717) is 5.52 Å². The van der Waals surface area contributed by atoms with Crippen molar-refractivity contribution in [3.63, 3.8) is 0 Å². The summed E-state index contributed by atoms with van der Waals surface area (Å²) in [5.74, 6) is -0.196. The third kappa shape index (κ3) is 2.97. The summed E-state index contributed by atoms with van der Waals surface area (Å²) in [6.07, 6.45) is 2.60. The Labute approximate surface area is 162 Å². The molecule has 2 heterocycles. The van der Waals surface area contributed by atoms with Crippen LogP contribution in [-0.4, -0.2) is 27.3 Å². The maximum Gasteiger partial charge on any atom is 0.291 e. The fourth-order valence-electron chi connectivity index (χ4n) is 3.59. The summed E-state index contributed by atoms with van der Waals surface area (Å²) in [7, 11) is 1.70. The number of anilines is 1. The standard InChI is InChI=1S/C22H22N4O2/c1-3-13-25-19-12-8-7-11-17(19)18-14-23-26(22(28)21(18)25)15-20(27)24(2)16-9-5-4-6-10-16/h4-12,14H,3,13,15H2,1-2H3. The highest BCUT2D eigenvalue weighted by Gasteiger charge is 2.18. The minimum atomic E-state index is -0.239. The quantitative estimate of drug-likeness (QED) is 0.538. The van der Waals surface area contributed by atoms with Crippen molar-refractivity contribution in [2.45, 2.75) is 26.4 Å². The molecule has 142 valence electrons. The summed E-state index contributed by atoms with van der Waals surface area (Å²) in [6.45, 7) is 2.72. The first-order valence-corrected chi connectivity index (χ1v) is 9.40. The molecule has 0 unspecified atom stereocenters. The average Bonchev–Trinajstić information content (AvgIpc) is 3.05. The van der Waals surface area contributed by atoms with Crippen molar-refractivity contribution in [1.82, 2.24) is 14.3 Å². The second kappa shape index (κ2) is 7.31. The first-order valence-electron chi connectivity index (χ1n) is 9.40. The molecule has 0 fully saturated rings. The molecule has 6 nitrogen and oxygen atoms in total. The normalized spacial score (nSPS) is 11.2. The van der Waals surface area contributed by atoms with E-state index in [1.54, 1.807) is 18.1 Å². The maximum absolute atomic E-state index is 13.2. The van der Waals surface area contributed by atoms with E-state index in [-0.39, 0.29) is 18.0 Å². The molecule has 4 aromatic rings. The van der Waals surface area contributed by atoms with Crippen LogP contribution in [0.25, 0.3) is 21.8 Å². The average molecular weight is 374 g/mol. The number of carbonyl (C=O) groups excluding carboxylic acids is 1. The number of benzene rings is 2. The van der Waals surface area contributed by atoms with Crippen molar-refractivity contribution in [3.05, 3.63) is 71.1 Å². The van der Waals surface area contributed by atoms with Gasteiger partial charge in [0.25, 0.3) is 5.56 Å². The molecule has 0 atom stereocenters. The molecule has 0 aliphatic rings. The molecule has 0 aliphatic heterocycles. The zero-order valence-electron chi connectivity index (χ0n) is 16.0. The molecule has 0 bridgehead atoms. The monoisotopic (exact) mass is 374 g/mol. The Kier molecular flexibility index (Phi) is 4.69. The van der Waals surface area contributed by atoms with Gasteiger partial charge in [-0.25, -0.2) is 4.68 Å². The minimum absolute atomic E-state index is 0.103. The first-order chi connectivity index (χ1) is 13.6. The zero-order chi connectivity index (χ0) is 19.7. The van der Waals surface area contributed by atoms with E-state index in [1.807, 2.05) is 59.2 Å². The van der Waals surface area contributed by atoms with Gasteiger partial charge in [-0.1, -0.05) is 43.3 Å². The van der Waals surface area contributed by atoms with Gasteiger partial charge in [-0.05, 0) is 24.6 Å². The van der Waals surface area contributed by atoms with Gasteiger partial charge in [-0.3, -0.25) is 9.59 Å². The van der Waals surface area contributed by atoms with Crippen LogP contribution in [0.4, 0.5) is 5.69 Å². The van der Waals surface area contributed by atoms with Crippen LogP contribution < -0.4 is 10.5 Å². The Bertz CT molecular complexity index is 1210. The molecule has 28 heavy (non-hydrogen) atoms. The number of fused-ring (bicyclic) bond motifs is 3. The summed E-state index contributed by atoms with van der Waals surface area (Å²) >= 11 is 0. The lowest BCUT2D eigenvalue weighted by atomic mass is 10.2. The molecular weight excluding hydrogens is 352 g/mol. The molecule has 0 saturated heterocycles. The zero-order valence-corrected chi connectivity index (χ0v) is 16.0. The molecule has 0 saturated carbocycles. The Balaban J connectivity index is 1.78. The highest BCUT2D eigenvalue weighted by molar-refractivity contribution is 6.07. The number of amides is 1. The summed E-state index contributed by atoms with van der Waals surface area (Å²) in [6, 6.07) is 17.3. The van der Waals surface area contributed by atoms with Gasteiger partial charge in [-0.15, -0.1) is 0 Å². The van der Waals surface area contributed by atoms with Gasteiger partial charge in [0, 0.05) is 35.6 Å². The van der Waals surface area contributed by atoms with Crippen molar-refractivity contribution >= 4 is 33.4 Å². The van der Waals surface area contributed by atoms with Gasteiger partial charge in [0.15, 0.2) is 0 Å². The van der Waals surface area contributed by atoms with E-state index >= 15 is 0 Å². The third-order valence-corrected chi connectivity index (χ3v) is 5.02. The molecule has 0 aliphatic carbocycles. The van der Waals surface area contributed by atoms with Crippen molar-refractivity contribution in [2.75, 3.05) is 11.9 Å². The van der Waals surface area contributed by atoms with Crippen LogP contribution in [0.2, 0.25) is 0 Å². The summed E-state index contributed by atoms with van der Waals surface area (Å²) in [4.78, 5) is 27.4. The number of para-hydroxylation sites is 2. The van der Waals surface area contributed by atoms with E-state index < -0.39 is 0 Å². The van der Waals surface area contributed by atoms with Crippen molar-refractivity contribution in [3.8, 4) is 0 Å². The van der Waals surface area contributed by atoms with Crippen LogP contribution in [0.3, 0.4) is 0 Å². The van der Waals surface area contributed by atoms with E-state index in [1.165, 1.54) is 4.68 Å². The van der Waals surface area contributed by atoms with Crippen LogP contribution in [-0.2, 0) is 17.9 Å². The van der Waals surface area contributed by atoms with Gasteiger partial charge < -0.3 is 9.47 Å². The highest BCUT2D eigenvalue weighted by atomic mass is 16.2. The number of carbonyl (C=O) groups is 1. The first kappa shape index (κ1) is 18.0. The second-order valence-electron chi connectivity index (χ2n) is 6.83.